The molecule has 1 heterocycles. The van der Waals surface area contributed by atoms with Crippen LogP contribution in [0.3, 0.4) is 0 Å². The molecule has 3 aromatic rings. The van der Waals surface area contributed by atoms with Crippen molar-refractivity contribution >= 4 is 28.1 Å². The minimum Gasteiger partial charge on any atom is -0.496 e. The van der Waals surface area contributed by atoms with Gasteiger partial charge in [0, 0.05) is 23.2 Å². The number of para-hydroxylation sites is 1. The Morgan fingerprint density at radius 2 is 2.12 bits per heavy atom. The van der Waals surface area contributed by atoms with Crippen LogP contribution in [0.4, 0.5) is 10.8 Å². The number of carbonyl (C=O) groups is 1. The predicted octanol–water partition coefficient (Wildman–Crippen LogP) is 4.67. The second-order valence-electron chi connectivity index (χ2n) is 5.44. The Morgan fingerprint density at radius 1 is 1.27 bits per heavy atom. The number of hydrogen-bond donors (Lipinski definition) is 2. The number of hydrogen-bond acceptors (Lipinski definition) is 5. The highest BCUT2D eigenvalue weighted by atomic mass is 32.1. The van der Waals surface area contributed by atoms with E-state index in [4.69, 9.17) is 4.74 Å². The molecule has 1 amide bonds. The summed E-state index contributed by atoms with van der Waals surface area (Å²) < 4.78 is 5.25. The Labute approximate surface area is 156 Å². The largest absolute Gasteiger partial charge is 0.496 e. The SMILES string of the molecule is C=CCNc1nc(-c2cccc(NC(=O)c3ccccc3OC)c2)cs1. The molecule has 0 bridgehead atoms. The average molecular weight is 365 g/mol. The lowest BCUT2D eigenvalue weighted by Gasteiger charge is -2.09. The van der Waals surface area contributed by atoms with Gasteiger partial charge >= 0.3 is 0 Å². The summed E-state index contributed by atoms with van der Waals surface area (Å²) in [6, 6.07) is 14.7. The fraction of sp³-hybridized carbons (Fsp3) is 0.100. The quantitative estimate of drug-likeness (QED) is 0.597. The van der Waals surface area contributed by atoms with Crippen molar-refractivity contribution in [2.75, 3.05) is 24.3 Å². The van der Waals surface area contributed by atoms with E-state index in [1.165, 1.54) is 11.3 Å². The van der Waals surface area contributed by atoms with E-state index < -0.39 is 0 Å². The van der Waals surface area contributed by atoms with Gasteiger partial charge in [0.1, 0.15) is 5.75 Å². The molecule has 2 N–H and O–H groups in total. The molecule has 0 saturated heterocycles. The number of benzene rings is 2. The van der Waals surface area contributed by atoms with Crippen LogP contribution in [0.5, 0.6) is 5.75 Å². The third-order valence-corrected chi connectivity index (χ3v) is 4.47. The van der Waals surface area contributed by atoms with Crippen molar-refractivity contribution in [2.45, 2.75) is 0 Å². The first-order valence-electron chi connectivity index (χ1n) is 8.06. The van der Waals surface area contributed by atoms with E-state index in [2.05, 4.69) is 22.2 Å². The molecule has 0 aliphatic heterocycles. The highest BCUT2D eigenvalue weighted by molar-refractivity contribution is 7.14. The van der Waals surface area contributed by atoms with Crippen LogP contribution in [0.1, 0.15) is 10.4 Å². The van der Waals surface area contributed by atoms with Crippen molar-refractivity contribution in [2.24, 2.45) is 0 Å². The lowest BCUT2D eigenvalue weighted by atomic mass is 10.1. The summed E-state index contributed by atoms with van der Waals surface area (Å²) in [5.74, 6) is 0.324. The summed E-state index contributed by atoms with van der Waals surface area (Å²) in [6.07, 6.45) is 1.79. The van der Waals surface area contributed by atoms with Gasteiger partial charge in [-0.15, -0.1) is 17.9 Å². The maximum absolute atomic E-state index is 12.5. The van der Waals surface area contributed by atoms with Crippen LogP contribution in [-0.4, -0.2) is 24.5 Å². The van der Waals surface area contributed by atoms with E-state index in [-0.39, 0.29) is 5.91 Å². The lowest BCUT2D eigenvalue weighted by molar-refractivity contribution is 0.102. The predicted molar refractivity (Wildman–Crippen MR) is 107 cm³/mol. The van der Waals surface area contributed by atoms with E-state index in [1.54, 1.807) is 31.4 Å². The second kappa shape index (κ2) is 8.31. The molecule has 5 nitrogen and oxygen atoms in total. The molecule has 3 rings (SSSR count). The van der Waals surface area contributed by atoms with Crippen LogP contribution in [-0.2, 0) is 0 Å². The summed E-state index contributed by atoms with van der Waals surface area (Å²) >= 11 is 1.53. The van der Waals surface area contributed by atoms with E-state index in [0.29, 0.717) is 23.5 Å². The van der Waals surface area contributed by atoms with Crippen molar-refractivity contribution in [3.63, 3.8) is 0 Å². The number of thiazole rings is 1. The third-order valence-electron chi connectivity index (χ3n) is 3.67. The number of rotatable bonds is 7. The first kappa shape index (κ1) is 17.7. The van der Waals surface area contributed by atoms with E-state index in [9.17, 15) is 4.79 Å². The number of aromatic nitrogens is 1. The molecule has 2 aromatic carbocycles. The summed E-state index contributed by atoms with van der Waals surface area (Å²) in [4.78, 5) is 17.1. The minimum absolute atomic E-state index is 0.216. The van der Waals surface area contributed by atoms with Crippen molar-refractivity contribution < 1.29 is 9.53 Å². The number of amides is 1. The number of methoxy groups -OCH3 is 1. The Hall–Kier alpha value is -3.12. The van der Waals surface area contributed by atoms with Crippen molar-refractivity contribution in [3.05, 3.63) is 72.1 Å². The molecule has 0 aliphatic rings. The Bertz CT molecular complexity index is 921. The van der Waals surface area contributed by atoms with Crippen LogP contribution < -0.4 is 15.4 Å². The van der Waals surface area contributed by atoms with Crippen LogP contribution in [0, 0.1) is 0 Å². The van der Waals surface area contributed by atoms with Crippen molar-refractivity contribution in [3.8, 4) is 17.0 Å². The Kier molecular flexibility index (Phi) is 5.66. The van der Waals surface area contributed by atoms with Gasteiger partial charge in [-0.25, -0.2) is 4.98 Å². The van der Waals surface area contributed by atoms with Gasteiger partial charge in [-0.2, -0.15) is 0 Å². The lowest BCUT2D eigenvalue weighted by Crippen LogP contribution is -2.13. The molecule has 0 unspecified atom stereocenters. The van der Waals surface area contributed by atoms with E-state index >= 15 is 0 Å². The van der Waals surface area contributed by atoms with Gasteiger partial charge in [-0.3, -0.25) is 4.79 Å². The van der Waals surface area contributed by atoms with Crippen LogP contribution in [0.15, 0.2) is 66.6 Å². The summed E-state index contributed by atoms with van der Waals surface area (Å²) in [5, 5.41) is 8.90. The van der Waals surface area contributed by atoms with Gasteiger partial charge in [0.05, 0.1) is 18.4 Å². The van der Waals surface area contributed by atoms with Crippen LogP contribution >= 0.6 is 11.3 Å². The Morgan fingerprint density at radius 3 is 2.92 bits per heavy atom. The molecule has 0 radical (unpaired) electrons. The average Bonchev–Trinajstić information content (AvgIpc) is 3.15. The molecule has 0 saturated carbocycles. The fourth-order valence-electron chi connectivity index (χ4n) is 2.43. The van der Waals surface area contributed by atoms with Gasteiger partial charge in [0.15, 0.2) is 5.13 Å². The molecular formula is C20H19N3O2S. The van der Waals surface area contributed by atoms with Gasteiger partial charge < -0.3 is 15.4 Å². The molecular weight excluding hydrogens is 346 g/mol. The van der Waals surface area contributed by atoms with Crippen LogP contribution in [0.25, 0.3) is 11.3 Å². The van der Waals surface area contributed by atoms with Gasteiger partial charge in [-0.05, 0) is 24.3 Å². The third kappa shape index (κ3) is 4.10. The number of nitrogens with zero attached hydrogens (tertiary/aromatic N) is 1. The Balaban J connectivity index is 1.78. The normalized spacial score (nSPS) is 10.2. The highest BCUT2D eigenvalue weighted by Crippen LogP contribution is 2.27. The molecule has 0 aliphatic carbocycles. The number of ether oxygens (including phenoxy) is 1. The molecule has 1 aromatic heterocycles. The summed E-state index contributed by atoms with van der Waals surface area (Å²) in [5.41, 5.74) is 2.98. The maximum Gasteiger partial charge on any atom is 0.259 e. The fourth-order valence-corrected chi connectivity index (χ4v) is 3.16. The second-order valence-corrected chi connectivity index (χ2v) is 6.30. The number of anilines is 2. The summed E-state index contributed by atoms with van der Waals surface area (Å²) in [7, 11) is 1.55. The van der Waals surface area contributed by atoms with E-state index in [0.717, 1.165) is 16.4 Å². The number of carbonyl (C=O) groups excluding carboxylic acids is 1. The zero-order chi connectivity index (χ0) is 18.4. The van der Waals surface area contributed by atoms with E-state index in [1.807, 2.05) is 35.7 Å². The molecule has 6 heteroatoms. The van der Waals surface area contributed by atoms with Crippen molar-refractivity contribution in [1.82, 2.24) is 4.98 Å². The minimum atomic E-state index is -0.216. The first-order chi connectivity index (χ1) is 12.7. The topological polar surface area (TPSA) is 63.2 Å². The maximum atomic E-state index is 12.5. The van der Waals surface area contributed by atoms with Gasteiger partial charge in [0.2, 0.25) is 0 Å². The monoisotopic (exact) mass is 365 g/mol. The molecule has 0 spiro atoms. The zero-order valence-electron chi connectivity index (χ0n) is 14.4. The standard InChI is InChI=1S/C20H19N3O2S/c1-3-11-21-20-23-17(13-26-20)14-7-6-8-15(12-14)22-19(24)16-9-4-5-10-18(16)25-2/h3-10,12-13H,1,11H2,2H3,(H,21,23)(H,22,24). The molecule has 26 heavy (non-hydrogen) atoms. The van der Waals surface area contributed by atoms with Crippen molar-refractivity contribution in [1.29, 1.82) is 0 Å². The zero-order valence-corrected chi connectivity index (χ0v) is 15.2. The highest BCUT2D eigenvalue weighted by Gasteiger charge is 2.12. The first-order valence-corrected chi connectivity index (χ1v) is 8.94. The smallest absolute Gasteiger partial charge is 0.259 e. The molecule has 0 atom stereocenters. The molecule has 0 fully saturated rings. The molecule has 132 valence electrons. The van der Waals surface area contributed by atoms with Gasteiger partial charge in [-0.1, -0.05) is 30.3 Å². The number of nitrogens with one attached hydrogen (secondary N) is 2. The summed E-state index contributed by atoms with van der Waals surface area (Å²) in [6.45, 7) is 4.35. The van der Waals surface area contributed by atoms with Crippen LogP contribution in [0.2, 0.25) is 0 Å². The van der Waals surface area contributed by atoms with Gasteiger partial charge in [0.25, 0.3) is 5.91 Å².